The van der Waals surface area contributed by atoms with Crippen LogP contribution in [0.3, 0.4) is 0 Å². The monoisotopic (exact) mass is 362 g/mol. The number of aliphatic hydroxyl groups excluding tert-OH is 1. The van der Waals surface area contributed by atoms with E-state index >= 15 is 0 Å². The predicted molar refractivity (Wildman–Crippen MR) is 93.8 cm³/mol. The highest BCUT2D eigenvalue weighted by Gasteiger charge is 2.62. The minimum Gasteiger partial charge on any atom is -0.458 e. The lowest BCUT2D eigenvalue weighted by Crippen LogP contribution is -2.54. The fourth-order valence-corrected chi connectivity index (χ4v) is 4.57. The van der Waals surface area contributed by atoms with Crippen molar-refractivity contribution < 1.29 is 29.3 Å². The van der Waals surface area contributed by atoms with Gasteiger partial charge in [0.1, 0.15) is 17.8 Å². The topological polar surface area (TPSA) is 93.1 Å². The van der Waals surface area contributed by atoms with Gasteiger partial charge in [0, 0.05) is 23.0 Å². The van der Waals surface area contributed by atoms with E-state index in [1.54, 1.807) is 26.8 Å². The summed E-state index contributed by atoms with van der Waals surface area (Å²) in [5.74, 6) is -2.47. The van der Waals surface area contributed by atoms with E-state index in [0.29, 0.717) is 12.0 Å². The Morgan fingerprint density at radius 3 is 2.73 bits per heavy atom. The third-order valence-electron chi connectivity index (χ3n) is 6.26. The van der Waals surface area contributed by atoms with Crippen LogP contribution < -0.4 is 0 Å². The van der Waals surface area contributed by atoms with Crippen molar-refractivity contribution in [2.24, 2.45) is 17.8 Å². The summed E-state index contributed by atoms with van der Waals surface area (Å²) in [4.78, 5) is 24.4. The maximum Gasteiger partial charge on any atom is 0.334 e. The first-order valence-electron chi connectivity index (χ1n) is 8.92. The number of rotatable bonds is 2. The molecule has 0 bridgehead atoms. The molecule has 7 unspecified atom stereocenters. The van der Waals surface area contributed by atoms with E-state index in [0.717, 1.165) is 5.57 Å². The summed E-state index contributed by atoms with van der Waals surface area (Å²) >= 11 is 0. The summed E-state index contributed by atoms with van der Waals surface area (Å²) in [7, 11) is 0. The highest BCUT2D eigenvalue weighted by atomic mass is 16.6. The first-order valence-corrected chi connectivity index (χ1v) is 8.92. The van der Waals surface area contributed by atoms with Crippen LogP contribution in [0.4, 0.5) is 0 Å². The van der Waals surface area contributed by atoms with Gasteiger partial charge in [-0.25, -0.2) is 9.59 Å². The SMILES string of the molecule is C=C1C(=O)OC2C1C(O)C(OC(=O)C(C)=CC)C(C)(O)C1CC=C(C)C21. The van der Waals surface area contributed by atoms with Crippen LogP contribution >= 0.6 is 0 Å². The number of ether oxygens (including phenoxy) is 2. The average molecular weight is 362 g/mol. The first-order chi connectivity index (χ1) is 12.1. The molecule has 0 aromatic heterocycles. The van der Waals surface area contributed by atoms with Crippen LogP contribution in [0.5, 0.6) is 0 Å². The lowest BCUT2D eigenvalue weighted by atomic mass is 9.75. The van der Waals surface area contributed by atoms with E-state index in [2.05, 4.69) is 6.58 Å². The molecule has 1 heterocycles. The molecular weight excluding hydrogens is 336 g/mol. The van der Waals surface area contributed by atoms with Crippen molar-refractivity contribution in [2.45, 2.75) is 58.0 Å². The highest BCUT2D eigenvalue weighted by molar-refractivity contribution is 5.91. The second-order valence-electron chi connectivity index (χ2n) is 7.75. The van der Waals surface area contributed by atoms with E-state index in [-0.39, 0.29) is 17.4 Å². The van der Waals surface area contributed by atoms with Crippen molar-refractivity contribution in [2.75, 3.05) is 0 Å². The second-order valence-corrected chi connectivity index (χ2v) is 7.75. The molecule has 1 saturated carbocycles. The molecule has 3 aliphatic rings. The quantitative estimate of drug-likeness (QED) is 0.441. The molecule has 0 aromatic rings. The van der Waals surface area contributed by atoms with Crippen molar-refractivity contribution in [3.05, 3.63) is 35.5 Å². The second kappa shape index (κ2) is 6.35. The zero-order valence-corrected chi connectivity index (χ0v) is 15.6. The van der Waals surface area contributed by atoms with Crippen molar-refractivity contribution >= 4 is 11.9 Å². The molecule has 0 aromatic carbocycles. The van der Waals surface area contributed by atoms with Crippen molar-refractivity contribution in [1.29, 1.82) is 0 Å². The fourth-order valence-electron chi connectivity index (χ4n) is 4.57. The van der Waals surface area contributed by atoms with Gasteiger partial charge in [-0.1, -0.05) is 24.3 Å². The molecule has 3 rings (SSSR count). The highest BCUT2D eigenvalue weighted by Crippen LogP contribution is 2.52. The Kier molecular flexibility index (Phi) is 4.61. The van der Waals surface area contributed by atoms with Gasteiger partial charge < -0.3 is 19.7 Å². The molecule has 1 aliphatic heterocycles. The minimum atomic E-state index is -1.49. The maximum atomic E-state index is 12.3. The molecule has 2 fully saturated rings. The summed E-state index contributed by atoms with van der Waals surface area (Å²) in [6.45, 7) is 10.6. The number of hydrogen-bond donors (Lipinski definition) is 2. The Bertz CT molecular complexity index is 716. The van der Waals surface area contributed by atoms with Crippen LogP contribution in [0, 0.1) is 17.8 Å². The van der Waals surface area contributed by atoms with Gasteiger partial charge in [0.15, 0.2) is 6.10 Å². The Balaban J connectivity index is 2.06. The molecular formula is C20H26O6. The summed E-state index contributed by atoms with van der Waals surface area (Å²) in [5.41, 5.74) is 0.0432. The minimum absolute atomic E-state index is 0.155. The Morgan fingerprint density at radius 2 is 2.12 bits per heavy atom. The van der Waals surface area contributed by atoms with Crippen molar-refractivity contribution in [3.63, 3.8) is 0 Å². The molecule has 0 radical (unpaired) electrons. The lowest BCUT2D eigenvalue weighted by Gasteiger charge is -2.39. The number of allylic oxidation sites excluding steroid dienone is 2. The Morgan fingerprint density at radius 1 is 1.46 bits per heavy atom. The summed E-state index contributed by atoms with van der Waals surface area (Å²) in [6, 6.07) is 0. The Hall–Kier alpha value is -1.92. The number of hydrogen-bond acceptors (Lipinski definition) is 6. The molecule has 142 valence electrons. The first kappa shape index (κ1) is 18.9. The number of fused-ring (bicyclic) bond motifs is 3. The number of carbonyl (C=O) groups is 2. The summed E-state index contributed by atoms with van der Waals surface area (Å²) in [6.07, 6.45) is 1.06. The molecule has 6 nitrogen and oxygen atoms in total. The van der Waals surface area contributed by atoms with Gasteiger partial charge in [-0.15, -0.1) is 0 Å². The predicted octanol–water partition coefficient (Wildman–Crippen LogP) is 1.67. The van der Waals surface area contributed by atoms with Crippen LogP contribution in [-0.2, 0) is 19.1 Å². The fraction of sp³-hybridized carbons (Fsp3) is 0.600. The van der Waals surface area contributed by atoms with Gasteiger partial charge in [-0.3, -0.25) is 0 Å². The van der Waals surface area contributed by atoms with E-state index < -0.39 is 41.8 Å². The van der Waals surface area contributed by atoms with Crippen LogP contribution in [0.2, 0.25) is 0 Å². The molecule has 1 saturated heterocycles. The van der Waals surface area contributed by atoms with Gasteiger partial charge in [0.05, 0.1) is 5.92 Å². The van der Waals surface area contributed by atoms with Gasteiger partial charge >= 0.3 is 11.9 Å². The third kappa shape index (κ3) is 2.63. The molecule has 26 heavy (non-hydrogen) atoms. The van der Waals surface area contributed by atoms with Gasteiger partial charge in [-0.05, 0) is 34.1 Å². The molecule has 7 atom stereocenters. The van der Waals surface area contributed by atoms with Gasteiger partial charge in [-0.2, -0.15) is 0 Å². The van der Waals surface area contributed by atoms with Crippen LogP contribution in [0.15, 0.2) is 35.5 Å². The number of esters is 2. The average Bonchev–Trinajstić information content (AvgIpc) is 3.09. The molecule has 0 amide bonds. The lowest BCUT2D eigenvalue weighted by molar-refractivity contribution is -0.184. The van der Waals surface area contributed by atoms with Gasteiger partial charge in [0.25, 0.3) is 0 Å². The smallest absolute Gasteiger partial charge is 0.334 e. The summed E-state index contributed by atoms with van der Waals surface area (Å²) in [5, 5.41) is 22.3. The van der Waals surface area contributed by atoms with Crippen LogP contribution in [0.25, 0.3) is 0 Å². The molecule has 6 heteroatoms. The normalized spacial score (nSPS) is 42.5. The standard InChI is InChI=1S/C20H26O6/c1-6-9(2)18(22)26-17-15(21)14-11(4)19(23)25-16(14)13-10(3)7-8-12(13)20(17,5)24/h6-7,12-17,21,24H,4,8H2,1-3,5H3. The maximum absolute atomic E-state index is 12.3. The Labute approximate surface area is 153 Å². The zero-order valence-electron chi connectivity index (χ0n) is 15.6. The summed E-state index contributed by atoms with van der Waals surface area (Å²) < 4.78 is 11.1. The van der Waals surface area contributed by atoms with E-state index in [4.69, 9.17) is 9.47 Å². The van der Waals surface area contributed by atoms with Crippen LogP contribution in [0.1, 0.15) is 34.1 Å². The molecule has 2 N–H and O–H groups in total. The molecule has 2 aliphatic carbocycles. The van der Waals surface area contributed by atoms with Crippen molar-refractivity contribution in [1.82, 2.24) is 0 Å². The van der Waals surface area contributed by atoms with Crippen LogP contribution in [-0.4, -0.2) is 46.1 Å². The largest absolute Gasteiger partial charge is 0.458 e. The third-order valence-corrected chi connectivity index (χ3v) is 6.26. The van der Waals surface area contributed by atoms with Gasteiger partial charge in [0.2, 0.25) is 0 Å². The van der Waals surface area contributed by atoms with E-state index in [9.17, 15) is 19.8 Å². The van der Waals surface area contributed by atoms with Crippen molar-refractivity contribution in [3.8, 4) is 0 Å². The zero-order chi connectivity index (χ0) is 19.4. The number of carbonyl (C=O) groups excluding carboxylic acids is 2. The van der Waals surface area contributed by atoms with E-state index in [1.807, 2.05) is 13.0 Å². The molecule has 0 spiro atoms. The van der Waals surface area contributed by atoms with E-state index in [1.165, 1.54) is 0 Å². The number of aliphatic hydroxyl groups is 2.